The van der Waals surface area contributed by atoms with Crippen LogP contribution in [0.1, 0.15) is 42.1 Å². The van der Waals surface area contributed by atoms with Crippen LogP contribution in [0.2, 0.25) is 5.15 Å². The van der Waals surface area contributed by atoms with Crippen LogP contribution in [-0.2, 0) is 9.53 Å². The zero-order chi connectivity index (χ0) is 17.5. The molecule has 1 aromatic heterocycles. The Hall–Kier alpha value is -2.40. The van der Waals surface area contributed by atoms with E-state index in [-0.39, 0.29) is 23.2 Å². The van der Waals surface area contributed by atoms with Gasteiger partial charge in [-0.15, -0.1) is 0 Å². The normalized spacial score (nSPS) is 11.6. The van der Waals surface area contributed by atoms with Gasteiger partial charge in [-0.2, -0.15) is 0 Å². The van der Waals surface area contributed by atoms with E-state index in [1.165, 1.54) is 18.3 Å². The molecule has 1 heterocycles. The summed E-state index contributed by atoms with van der Waals surface area (Å²) in [5.74, 6) is -0.685. The Kier molecular flexibility index (Phi) is 6.32. The lowest BCUT2D eigenvalue weighted by atomic mass is 9.97. The third-order valence-electron chi connectivity index (χ3n) is 3.68. The van der Waals surface area contributed by atoms with Crippen molar-refractivity contribution in [3.05, 3.63) is 58.9 Å². The standard InChI is InChI=1S/C18H19ClN2O3/c1-3-12(2)14-6-4-5-7-15(14)21-17(22)11-24-18(23)13-8-9-16(19)20-10-13/h4-10,12H,3,11H2,1-2H3,(H,21,22)/t12-/m0/s1. The molecule has 0 radical (unpaired) electrons. The van der Waals surface area contributed by atoms with Gasteiger partial charge in [-0.1, -0.05) is 43.6 Å². The molecule has 1 N–H and O–H groups in total. The number of halogens is 1. The minimum atomic E-state index is -0.621. The van der Waals surface area contributed by atoms with Gasteiger partial charge in [0, 0.05) is 11.9 Å². The van der Waals surface area contributed by atoms with Crippen molar-refractivity contribution in [2.75, 3.05) is 11.9 Å². The number of carbonyl (C=O) groups excluding carboxylic acids is 2. The quantitative estimate of drug-likeness (QED) is 0.633. The highest BCUT2D eigenvalue weighted by Crippen LogP contribution is 2.26. The largest absolute Gasteiger partial charge is 0.452 e. The number of carbonyl (C=O) groups is 2. The van der Waals surface area contributed by atoms with Gasteiger partial charge in [-0.3, -0.25) is 4.79 Å². The van der Waals surface area contributed by atoms with Crippen molar-refractivity contribution in [2.45, 2.75) is 26.2 Å². The maximum absolute atomic E-state index is 12.0. The first-order valence-corrected chi connectivity index (χ1v) is 8.06. The van der Waals surface area contributed by atoms with E-state index >= 15 is 0 Å². The SMILES string of the molecule is CC[C@H](C)c1ccccc1NC(=O)COC(=O)c1ccc(Cl)nc1. The summed E-state index contributed by atoms with van der Waals surface area (Å²) in [6, 6.07) is 10.6. The van der Waals surface area contributed by atoms with Crippen molar-refractivity contribution in [2.24, 2.45) is 0 Å². The van der Waals surface area contributed by atoms with E-state index in [1.807, 2.05) is 24.3 Å². The summed E-state index contributed by atoms with van der Waals surface area (Å²) in [4.78, 5) is 27.7. The molecule has 1 aromatic carbocycles. The Morgan fingerprint density at radius 1 is 1.25 bits per heavy atom. The molecule has 0 aliphatic heterocycles. The van der Waals surface area contributed by atoms with Crippen molar-refractivity contribution in [1.82, 2.24) is 4.98 Å². The highest BCUT2D eigenvalue weighted by Gasteiger charge is 2.13. The molecule has 5 nitrogen and oxygen atoms in total. The number of aromatic nitrogens is 1. The van der Waals surface area contributed by atoms with E-state index in [9.17, 15) is 9.59 Å². The van der Waals surface area contributed by atoms with Crippen molar-refractivity contribution >= 4 is 29.2 Å². The number of nitrogens with one attached hydrogen (secondary N) is 1. The molecule has 0 aliphatic carbocycles. The maximum atomic E-state index is 12.0. The Balaban J connectivity index is 1.94. The first-order chi connectivity index (χ1) is 11.5. The second-order valence-corrected chi connectivity index (χ2v) is 5.78. The van der Waals surface area contributed by atoms with Crippen molar-refractivity contribution in [3.8, 4) is 0 Å². The van der Waals surface area contributed by atoms with Crippen molar-refractivity contribution in [1.29, 1.82) is 0 Å². The number of para-hydroxylation sites is 1. The third-order valence-corrected chi connectivity index (χ3v) is 3.90. The second-order valence-electron chi connectivity index (χ2n) is 5.39. The molecule has 1 atom stereocenters. The van der Waals surface area contributed by atoms with Gasteiger partial charge in [0.05, 0.1) is 5.56 Å². The molecule has 0 saturated heterocycles. The lowest BCUT2D eigenvalue weighted by Gasteiger charge is -2.15. The van der Waals surface area contributed by atoms with Gasteiger partial charge in [0.1, 0.15) is 5.15 Å². The number of esters is 1. The highest BCUT2D eigenvalue weighted by atomic mass is 35.5. The molecule has 0 fully saturated rings. The average molecular weight is 347 g/mol. The summed E-state index contributed by atoms with van der Waals surface area (Å²) in [5.41, 5.74) is 2.04. The molecule has 6 heteroatoms. The topological polar surface area (TPSA) is 68.3 Å². The van der Waals surface area contributed by atoms with Crippen LogP contribution in [0.15, 0.2) is 42.6 Å². The number of pyridine rings is 1. The Morgan fingerprint density at radius 3 is 2.67 bits per heavy atom. The van der Waals surface area contributed by atoms with Gasteiger partial charge in [-0.05, 0) is 36.1 Å². The monoisotopic (exact) mass is 346 g/mol. The van der Waals surface area contributed by atoms with E-state index < -0.39 is 5.97 Å². The van der Waals surface area contributed by atoms with Gasteiger partial charge in [-0.25, -0.2) is 9.78 Å². The molecule has 24 heavy (non-hydrogen) atoms. The number of rotatable bonds is 6. The molecular formula is C18H19ClN2O3. The van der Waals surface area contributed by atoms with Gasteiger partial charge in [0.25, 0.3) is 5.91 Å². The first kappa shape index (κ1) is 17.9. The van der Waals surface area contributed by atoms with Crippen LogP contribution in [0.25, 0.3) is 0 Å². The summed E-state index contributed by atoms with van der Waals surface area (Å²) in [7, 11) is 0. The van der Waals surface area contributed by atoms with Gasteiger partial charge < -0.3 is 10.1 Å². The molecule has 0 bridgehead atoms. The van der Waals surface area contributed by atoms with E-state index in [0.717, 1.165) is 17.7 Å². The predicted octanol–water partition coefficient (Wildman–Crippen LogP) is 4.04. The van der Waals surface area contributed by atoms with Gasteiger partial charge >= 0.3 is 5.97 Å². The molecule has 2 aromatic rings. The molecule has 0 saturated carbocycles. The van der Waals surface area contributed by atoms with Crippen molar-refractivity contribution in [3.63, 3.8) is 0 Å². The van der Waals surface area contributed by atoms with E-state index in [4.69, 9.17) is 16.3 Å². The Morgan fingerprint density at radius 2 is 2.00 bits per heavy atom. The van der Waals surface area contributed by atoms with Gasteiger partial charge in [0.2, 0.25) is 0 Å². The summed E-state index contributed by atoms with van der Waals surface area (Å²) >= 11 is 5.66. The number of hydrogen-bond acceptors (Lipinski definition) is 4. The molecule has 0 unspecified atom stereocenters. The molecule has 2 rings (SSSR count). The number of hydrogen-bond donors (Lipinski definition) is 1. The molecule has 126 valence electrons. The Bertz CT molecular complexity index is 716. The Labute approximate surface area is 146 Å². The summed E-state index contributed by atoms with van der Waals surface area (Å²) < 4.78 is 4.99. The predicted molar refractivity (Wildman–Crippen MR) is 93.3 cm³/mol. The van der Waals surface area contributed by atoms with Crippen LogP contribution in [0.4, 0.5) is 5.69 Å². The average Bonchev–Trinajstić information content (AvgIpc) is 2.60. The third kappa shape index (κ3) is 4.80. The van der Waals surface area contributed by atoms with Crippen LogP contribution >= 0.6 is 11.6 Å². The molecular weight excluding hydrogens is 328 g/mol. The first-order valence-electron chi connectivity index (χ1n) is 7.68. The summed E-state index contributed by atoms with van der Waals surface area (Å²) in [5, 5.41) is 3.07. The van der Waals surface area contributed by atoms with Crippen LogP contribution < -0.4 is 5.32 Å². The van der Waals surface area contributed by atoms with Crippen molar-refractivity contribution < 1.29 is 14.3 Å². The fourth-order valence-corrected chi connectivity index (χ4v) is 2.27. The molecule has 1 amide bonds. The van der Waals surface area contributed by atoms with Gasteiger partial charge in [0.15, 0.2) is 6.61 Å². The number of amides is 1. The van der Waals surface area contributed by atoms with Crippen LogP contribution in [0.3, 0.4) is 0 Å². The number of benzene rings is 1. The number of ether oxygens (including phenoxy) is 1. The number of anilines is 1. The highest BCUT2D eigenvalue weighted by molar-refractivity contribution is 6.29. The lowest BCUT2D eigenvalue weighted by Crippen LogP contribution is -2.21. The minimum absolute atomic E-state index is 0.243. The van der Waals surface area contributed by atoms with E-state index in [1.54, 1.807) is 0 Å². The number of nitrogens with zero attached hydrogens (tertiary/aromatic N) is 1. The summed E-state index contributed by atoms with van der Waals surface area (Å²) in [6.07, 6.45) is 2.27. The lowest BCUT2D eigenvalue weighted by molar-refractivity contribution is -0.119. The maximum Gasteiger partial charge on any atom is 0.340 e. The zero-order valence-corrected chi connectivity index (χ0v) is 14.3. The van der Waals surface area contributed by atoms with E-state index in [2.05, 4.69) is 24.1 Å². The van der Waals surface area contributed by atoms with Crippen LogP contribution in [-0.4, -0.2) is 23.5 Å². The van der Waals surface area contributed by atoms with Crippen LogP contribution in [0.5, 0.6) is 0 Å². The van der Waals surface area contributed by atoms with Crippen LogP contribution in [0, 0.1) is 0 Å². The minimum Gasteiger partial charge on any atom is -0.452 e. The molecule has 0 spiro atoms. The fourth-order valence-electron chi connectivity index (χ4n) is 2.16. The fraction of sp³-hybridized carbons (Fsp3) is 0.278. The van der Waals surface area contributed by atoms with E-state index in [0.29, 0.717) is 5.92 Å². The zero-order valence-electron chi connectivity index (χ0n) is 13.6. The molecule has 0 aliphatic rings. The summed E-state index contributed by atoms with van der Waals surface area (Å²) in [6.45, 7) is 3.82. The second kappa shape index (κ2) is 8.45. The smallest absolute Gasteiger partial charge is 0.340 e.